The second-order valence-corrected chi connectivity index (χ2v) is 5.24. The third-order valence-electron chi connectivity index (χ3n) is 3.53. The summed E-state index contributed by atoms with van der Waals surface area (Å²) in [7, 11) is 0. The normalized spacial score (nSPS) is 10.6. The molecule has 0 atom stereocenters. The van der Waals surface area contributed by atoms with E-state index < -0.39 is 11.7 Å². The molecule has 0 spiro atoms. The van der Waals surface area contributed by atoms with Crippen molar-refractivity contribution >= 4 is 11.6 Å². The molecule has 122 valence electrons. The standard InChI is InChI=1S/C17H15FN4O2/c1-10-4-2-3-5-12(10)17-21-15(24-22-17)9-20-11-6-7-14(18)13(8-11)16(19)23/h2-8,20H,9H2,1H3,(H2,19,23). The smallest absolute Gasteiger partial charge is 0.251 e. The molecule has 0 radical (unpaired) electrons. The van der Waals surface area contributed by atoms with Crippen molar-refractivity contribution in [2.45, 2.75) is 13.5 Å². The van der Waals surface area contributed by atoms with Crippen molar-refractivity contribution in [3.8, 4) is 11.4 Å². The molecule has 0 saturated carbocycles. The van der Waals surface area contributed by atoms with E-state index >= 15 is 0 Å². The predicted octanol–water partition coefficient (Wildman–Crippen LogP) is 2.90. The maximum atomic E-state index is 13.4. The molecule has 2 aromatic carbocycles. The maximum Gasteiger partial charge on any atom is 0.251 e. The Morgan fingerprint density at radius 2 is 2.08 bits per heavy atom. The number of nitrogens with zero attached hydrogens (tertiary/aromatic N) is 2. The minimum Gasteiger partial charge on any atom is -0.376 e. The fourth-order valence-corrected chi connectivity index (χ4v) is 2.26. The Bertz CT molecular complexity index is 892. The van der Waals surface area contributed by atoms with E-state index in [2.05, 4.69) is 15.5 Å². The topological polar surface area (TPSA) is 94.0 Å². The van der Waals surface area contributed by atoms with E-state index in [0.29, 0.717) is 17.4 Å². The second-order valence-electron chi connectivity index (χ2n) is 5.24. The van der Waals surface area contributed by atoms with Gasteiger partial charge < -0.3 is 15.6 Å². The number of halogens is 1. The lowest BCUT2D eigenvalue weighted by atomic mass is 10.1. The van der Waals surface area contributed by atoms with Crippen LogP contribution in [0, 0.1) is 12.7 Å². The van der Waals surface area contributed by atoms with Gasteiger partial charge in [0, 0.05) is 11.3 Å². The fraction of sp³-hybridized carbons (Fsp3) is 0.118. The third kappa shape index (κ3) is 3.24. The van der Waals surface area contributed by atoms with Gasteiger partial charge >= 0.3 is 0 Å². The van der Waals surface area contributed by atoms with Crippen molar-refractivity contribution < 1.29 is 13.7 Å². The summed E-state index contributed by atoms with van der Waals surface area (Å²) < 4.78 is 18.7. The highest BCUT2D eigenvalue weighted by Gasteiger charge is 2.12. The first kappa shape index (κ1) is 15.7. The molecule has 0 aliphatic rings. The largest absolute Gasteiger partial charge is 0.376 e. The van der Waals surface area contributed by atoms with Crippen LogP contribution in [0.4, 0.5) is 10.1 Å². The van der Waals surface area contributed by atoms with Crippen LogP contribution in [0.1, 0.15) is 21.8 Å². The number of benzene rings is 2. The Hall–Kier alpha value is -3.22. The number of aryl methyl sites for hydroxylation is 1. The Morgan fingerprint density at radius 1 is 1.29 bits per heavy atom. The predicted molar refractivity (Wildman–Crippen MR) is 86.7 cm³/mol. The second kappa shape index (κ2) is 6.49. The molecule has 6 nitrogen and oxygen atoms in total. The highest BCUT2D eigenvalue weighted by atomic mass is 19.1. The number of aromatic nitrogens is 2. The monoisotopic (exact) mass is 326 g/mol. The zero-order valence-corrected chi connectivity index (χ0v) is 12.9. The molecule has 3 rings (SSSR count). The van der Waals surface area contributed by atoms with E-state index in [-0.39, 0.29) is 12.1 Å². The van der Waals surface area contributed by atoms with Crippen molar-refractivity contribution in [2.75, 3.05) is 5.32 Å². The van der Waals surface area contributed by atoms with E-state index in [1.54, 1.807) is 0 Å². The number of primary amides is 1. The van der Waals surface area contributed by atoms with Crippen LogP contribution in [0.3, 0.4) is 0 Å². The van der Waals surface area contributed by atoms with E-state index in [0.717, 1.165) is 11.1 Å². The van der Waals surface area contributed by atoms with E-state index in [1.807, 2.05) is 31.2 Å². The van der Waals surface area contributed by atoms with Gasteiger partial charge in [-0.25, -0.2) is 4.39 Å². The average Bonchev–Trinajstić information content (AvgIpc) is 3.03. The van der Waals surface area contributed by atoms with E-state index in [1.165, 1.54) is 18.2 Å². The number of carbonyl (C=O) groups is 1. The van der Waals surface area contributed by atoms with Crippen LogP contribution < -0.4 is 11.1 Å². The summed E-state index contributed by atoms with van der Waals surface area (Å²) in [4.78, 5) is 15.5. The van der Waals surface area contributed by atoms with Gasteiger partial charge in [-0.2, -0.15) is 4.98 Å². The zero-order chi connectivity index (χ0) is 17.1. The first-order valence-corrected chi connectivity index (χ1v) is 7.26. The van der Waals surface area contributed by atoms with Crippen LogP contribution in [0.25, 0.3) is 11.4 Å². The number of amides is 1. The Balaban J connectivity index is 1.73. The first-order valence-electron chi connectivity index (χ1n) is 7.26. The molecule has 0 fully saturated rings. The molecule has 0 saturated heterocycles. The molecule has 0 unspecified atom stereocenters. The molecule has 7 heteroatoms. The lowest BCUT2D eigenvalue weighted by molar-refractivity contribution is 0.0996. The number of nitrogens with one attached hydrogen (secondary N) is 1. The third-order valence-corrected chi connectivity index (χ3v) is 3.53. The molecule has 1 heterocycles. The highest BCUT2D eigenvalue weighted by molar-refractivity contribution is 5.94. The average molecular weight is 326 g/mol. The van der Waals surface area contributed by atoms with Crippen molar-refractivity contribution in [2.24, 2.45) is 5.73 Å². The fourth-order valence-electron chi connectivity index (χ4n) is 2.26. The van der Waals surface area contributed by atoms with Crippen molar-refractivity contribution in [3.63, 3.8) is 0 Å². The molecule has 1 aromatic heterocycles. The summed E-state index contributed by atoms with van der Waals surface area (Å²) in [5.74, 6) is -0.608. The number of rotatable bonds is 5. The van der Waals surface area contributed by atoms with Gasteiger partial charge in [0.05, 0.1) is 12.1 Å². The van der Waals surface area contributed by atoms with Crippen LogP contribution in [0.2, 0.25) is 0 Å². The number of anilines is 1. The molecular weight excluding hydrogens is 311 g/mol. The Labute approximate surface area is 137 Å². The van der Waals surface area contributed by atoms with Gasteiger partial charge in [-0.1, -0.05) is 29.4 Å². The van der Waals surface area contributed by atoms with Crippen molar-refractivity contribution in [1.29, 1.82) is 0 Å². The van der Waals surface area contributed by atoms with Gasteiger partial charge in [-0.15, -0.1) is 0 Å². The summed E-state index contributed by atoms with van der Waals surface area (Å²) in [5, 5.41) is 6.95. The molecule has 24 heavy (non-hydrogen) atoms. The van der Waals surface area contributed by atoms with Crippen molar-refractivity contribution in [1.82, 2.24) is 10.1 Å². The van der Waals surface area contributed by atoms with Gasteiger partial charge in [0.15, 0.2) is 0 Å². The summed E-state index contributed by atoms with van der Waals surface area (Å²) in [6.45, 7) is 2.20. The molecule has 3 N–H and O–H groups in total. The molecule has 0 aliphatic carbocycles. The molecule has 0 bridgehead atoms. The number of nitrogens with two attached hydrogens (primary N) is 1. The minimum absolute atomic E-state index is 0.175. The van der Waals surface area contributed by atoms with Crippen LogP contribution >= 0.6 is 0 Å². The molecule has 3 aromatic rings. The molecule has 1 amide bonds. The number of carbonyl (C=O) groups excluding carboxylic acids is 1. The van der Waals surface area contributed by atoms with Gasteiger partial charge in [-0.3, -0.25) is 4.79 Å². The van der Waals surface area contributed by atoms with Gasteiger partial charge in [-0.05, 0) is 30.7 Å². The van der Waals surface area contributed by atoms with Crippen molar-refractivity contribution in [3.05, 3.63) is 65.3 Å². The summed E-state index contributed by atoms with van der Waals surface area (Å²) in [6, 6.07) is 11.7. The Morgan fingerprint density at radius 3 is 2.83 bits per heavy atom. The SMILES string of the molecule is Cc1ccccc1-c1noc(CNc2ccc(F)c(C(N)=O)c2)n1. The van der Waals surface area contributed by atoms with Crippen LogP contribution in [-0.2, 0) is 6.54 Å². The van der Waals surface area contributed by atoms with Gasteiger partial charge in [0.1, 0.15) is 5.82 Å². The molecule has 0 aliphatic heterocycles. The summed E-state index contributed by atoms with van der Waals surface area (Å²) >= 11 is 0. The van der Waals surface area contributed by atoms with E-state index in [4.69, 9.17) is 10.3 Å². The summed E-state index contributed by atoms with van der Waals surface area (Å²) in [6.07, 6.45) is 0. The van der Waals surface area contributed by atoms with Gasteiger partial charge in [0.2, 0.25) is 11.7 Å². The van der Waals surface area contributed by atoms with Crippen LogP contribution in [0.5, 0.6) is 0 Å². The molecular formula is C17H15FN4O2. The van der Waals surface area contributed by atoms with Crippen LogP contribution in [0.15, 0.2) is 47.0 Å². The lowest BCUT2D eigenvalue weighted by Gasteiger charge is -2.05. The number of hydrogen-bond acceptors (Lipinski definition) is 5. The summed E-state index contributed by atoms with van der Waals surface area (Å²) in [5.41, 5.74) is 7.42. The lowest BCUT2D eigenvalue weighted by Crippen LogP contribution is -2.13. The first-order chi connectivity index (χ1) is 11.5. The van der Waals surface area contributed by atoms with E-state index in [9.17, 15) is 9.18 Å². The Kier molecular flexibility index (Phi) is 4.24. The minimum atomic E-state index is -0.823. The van der Waals surface area contributed by atoms with Crippen LogP contribution in [-0.4, -0.2) is 16.0 Å². The highest BCUT2D eigenvalue weighted by Crippen LogP contribution is 2.20. The number of hydrogen-bond donors (Lipinski definition) is 2. The van der Waals surface area contributed by atoms with Gasteiger partial charge in [0.25, 0.3) is 5.91 Å². The quantitative estimate of drug-likeness (QED) is 0.752. The zero-order valence-electron chi connectivity index (χ0n) is 12.9. The maximum absolute atomic E-state index is 13.4.